The minimum Gasteiger partial charge on any atom is -0.398 e. The molecule has 1 heterocycles. The molecule has 1 unspecified atom stereocenters. The Labute approximate surface area is 287 Å². The number of anilines is 1. The SMILES string of the molecule is C=C/C(=C\C(c1ccccc1)c1ccc(-c2ccc3c(c2)c2ccccc2n3-c2ccccc2)cc1-c1ccccc1N)c1ccccc1. The monoisotopic (exact) mass is 628 g/mol. The van der Waals surface area contributed by atoms with Crippen molar-refractivity contribution in [3.05, 3.63) is 211 Å². The van der Waals surface area contributed by atoms with E-state index in [2.05, 4.69) is 175 Å². The Hall–Kier alpha value is -6.38. The second-order valence-electron chi connectivity index (χ2n) is 12.4. The molecule has 0 fully saturated rings. The number of para-hydroxylation sites is 3. The van der Waals surface area contributed by atoms with Crippen LogP contribution in [0.15, 0.2) is 195 Å². The summed E-state index contributed by atoms with van der Waals surface area (Å²) in [6.07, 6.45) is 4.29. The van der Waals surface area contributed by atoms with Crippen LogP contribution in [-0.2, 0) is 0 Å². The number of hydrogen-bond donors (Lipinski definition) is 1. The summed E-state index contributed by atoms with van der Waals surface area (Å²) in [6.45, 7) is 4.20. The molecule has 1 aromatic heterocycles. The lowest BCUT2D eigenvalue weighted by atomic mass is 9.82. The fourth-order valence-corrected chi connectivity index (χ4v) is 7.11. The Balaban J connectivity index is 1.34. The molecular formula is C47H36N2. The van der Waals surface area contributed by atoms with Crippen LogP contribution in [0.4, 0.5) is 5.69 Å². The molecule has 8 aromatic rings. The van der Waals surface area contributed by atoms with Gasteiger partial charge in [0.25, 0.3) is 0 Å². The van der Waals surface area contributed by atoms with E-state index in [0.29, 0.717) is 0 Å². The highest BCUT2D eigenvalue weighted by Gasteiger charge is 2.20. The number of allylic oxidation sites excluding steroid dienone is 3. The van der Waals surface area contributed by atoms with Crippen LogP contribution < -0.4 is 5.73 Å². The molecule has 8 rings (SSSR count). The van der Waals surface area contributed by atoms with Crippen LogP contribution in [0.1, 0.15) is 22.6 Å². The van der Waals surface area contributed by atoms with Gasteiger partial charge in [0.1, 0.15) is 0 Å². The average Bonchev–Trinajstić information content (AvgIpc) is 3.50. The van der Waals surface area contributed by atoms with Gasteiger partial charge in [-0.15, -0.1) is 0 Å². The van der Waals surface area contributed by atoms with Gasteiger partial charge in [0, 0.05) is 33.6 Å². The largest absolute Gasteiger partial charge is 0.398 e. The first kappa shape index (κ1) is 30.0. The topological polar surface area (TPSA) is 30.9 Å². The minimum absolute atomic E-state index is 0.0376. The Bertz CT molecular complexity index is 2450. The molecule has 2 heteroatoms. The summed E-state index contributed by atoms with van der Waals surface area (Å²) in [4.78, 5) is 0. The van der Waals surface area contributed by atoms with Crippen molar-refractivity contribution >= 4 is 33.1 Å². The fourth-order valence-electron chi connectivity index (χ4n) is 7.11. The molecule has 0 aliphatic rings. The van der Waals surface area contributed by atoms with E-state index in [0.717, 1.165) is 44.8 Å². The zero-order chi connectivity index (χ0) is 33.2. The van der Waals surface area contributed by atoms with Crippen LogP contribution >= 0.6 is 0 Å². The van der Waals surface area contributed by atoms with Crippen molar-refractivity contribution < 1.29 is 0 Å². The van der Waals surface area contributed by atoms with Gasteiger partial charge in [0.2, 0.25) is 0 Å². The molecule has 0 radical (unpaired) electrons. The van der Waals surface area contributed by atoms with Gasteiger partial charge in [-0.3, -0.25) is 0 Å². The molecule has 2 N–H and O–H groups in total. The molecule has 0 saturated carbocycles. The van der Waals surface area contributed by atoms with E-state index in [9.17, 15) is 0 Å². The Kier molecular flexibility index (Phi) is 7.97. The standard InChI is InChI=1S/C47H36N2/c1-2-33(34-16-6-3-7-17-34)30-42(35-18-8-4-9-19-35)39-28-26-36(31-43(39)40-22-12-14-24-45(40)48)37-27-29-47-44(32-37)41-23-13-15-25-46(41)49(47)38-20-10-5-11-21-38/h2-32,42H,1,48H2/b33-30+. The maximum Gasteiger partial charge on any atom is 0.0541 e. The van der Waals surface area contributed by atoms with Gasteiger partial charge in [0.15, 0.2) is 0 Å². The Morgan fingerprint density at radius 1 is 0.551 bits per heavy atom. The fraction of sp³-hybridized carbons (Fsp3) is 0.0213. The number of aromatic nitrogens is 1. The summed E-state index contributed by atoms with van der Waals surface area (Å²) >= 11 is 0. The summed E-state index contributed by atoms with van der Waals surface area (Å²) in [7, 11) is 0. The highest BCUT2D eigenvalue weighted by Crippen LogP contribution is 2.41. The lowest BCUT2D eigenvalue weighted by Crippen LogP contribution is -2.03. The minimum atomic E-state index is -0.0376. The molecular weight excluding hydrogens is 593 g/mol. The molecule has 0 bridgehead atoms. The van der Waals surface area contributed by atoms with Crippen LogP contribution in [0.25, 0.3) is 55.3 Å². The Morgan fingerprint density at radius 3 is 1.92 bits per heavy atom. The number of nitrogens with zero attached hydrogens (tertiary/aromatic N) is 1. The van der Waals surface area contributed by atoms with E-state index < -0.39 is 0 Å². The maximum atomic E-state index is 6.73. The Morgan fingerprint density at radius 2 is 1.16 bits per heavy atom. The van der Waals surface area contributed by atoms with Crippen LogP contribution in [0, 0.1) is 0 Å². The molecule has 2 nitrogen and oxygen atoms in total. The first-order chi connectivity index (χ1) is 24.2. The van der Waals surface area contributed by atoms with Crippen molar-refractivity contribution in [3.63, 3.8) is 0 Å². The molecule has 0 saturated heterocycles. The van der Waals surface area contributed by atoms with E-state index in [4.69, 9.17) is 5.73 Å². The third kappa shape index (κ3) is 5.64. The van der Waals surface area contributed by atoms with Crippen molar-refractivity contribution in [2.24, 2.45) is 0 Å². The number of fused-ring (bicyclic) bond motifs is 3. The smallest absolute Gasteiger partial charge is 0.0541 e. The molecule has 0 spiro atoms. The first-order valence-corrected chi connectivity index (χ1v) is 16.7. The summed E-state index contributed by atoms with van der Waals surface area (Å²) in [5.41, 5.74) is 20.1. The summed E-state index contributed by atoms with van der Waals surface area (Å²) < 4.78 is 2.36. The summed E-state index contributed by atoms with van der Waals surface area (Å²) in [5.74, 6) is -0.0376. The molecule has 1 atom stereocenters. The zero-order valence-electron chi connectivity index (χ0n) is 27.2. The molecule has 0 amide bonds. The van der Waals surface area contributed by atoms with Crippen molar-refractivity contribution in [3.8, 4) is 27.9 Å². The first-order valence-electron chi connectivity index (χ1n) is 16.7. The second-order valence-corrected chi connectivity index (χ2v) is 12.4. The molecule has 0 aliphatic carbocycles. The van der Waals surface area contributed by atoms with Gasteiger partial charge < -0.3 is 10.3 Å². The van der Waals surface area contributed by atoms with Crippen molar-refractivity contribution in [1.29, 1.82) is 0 Å². The van der Waals surface area contributed by atoms with Gasteiger partial charge in [-0.1, -0.05) is 152 Å². The van der Waals surface area contributed by atoms with E-state index in [-0.39, 0.29) is 5.92 Å². The van der Waals surface area contributed by atoms with Gasteiger partial charge in [0.05, 0.1) is 11.0 Å². The predicted molar refractivity (Wildman–Crippen MR) is 209 cm³/mol. The third-order valence-corrected chi connectivity index (χ3v) is 9.49. The van der Waals surface area contributed by atoms with Crippen LogP contribution in [-0.4, -0.2) is 4.57 Å². The number of nitrogen functional groups attached to an aromatic ring is 1. The molecule has 7 aromatic carbocycles. The number of rotatable bonds is 8. The van der Waals surface area contributed by atoms with E-state index in [1.54, 1.807) is 0 Å². The van der Waals surface area contributed by atoms with Crippen LogP contribution in [0.5, 0.6) is 0 Å². The summed E-state index contributed by atoms with van der Waals surface area (Å²) in [6, 6.07) is 62.3. The van der Waals surface area contributed by atoms with E-state index in [1.807, 2.05) is 24.3 Å². The van der Waals surface area contributed by atoms with E-state index >= 15 is 0 Å². The highest BCUT2D eigenvalue weighted by molar-refractivity contribution is 6.10. The predicted octanol–water partition coefficient (Wildman–Crippen LogP) is 12.1. The normalized spacial score (nSPS) is 12.3. The van der Waals surface area contributed by atoms with Crippen molar-refractivity contribution in [2.45, 2.75) is 5.92 Å². The second kappa shape index (κ2) is 13.0. The average molecular weight is 629 g/mol. The van der Waals surface area contributed by atoms with Gasteiger partial charge in [-0.05, 0) is 81.4 Å². The van der Waals surface area contributed by atoms with Gasteiger partial charge in [-0.25, -0.2) is 0 Å². The summed E-state index contributed by atoms with van der Waals surface area (Å²) in [5, 5.41) is 2.46. The van der Waals surface area contributed by atoms with E-state index in [1.165, 1.54) is 32.9 Å². The van der Waals surface area contributed by atoms with Crippen molar-refractivity contribution in [2.75, 3.05) is 5.73 Å². The highest BCUT2D eigenvalue weighted by atomic mass is 15.0. The van der Waals surface area contributed by atoms with Crippen molar-refractivity contribution in [1.82, 2.24) is 4.57 Å². The molecule has 49 heavy (non-hydrogen) atoms. The van der Waals surface area contributed by atoms with Gasteiger partial charge >= 0.3 is 0 Å². The molecule has 234 valence electrons. The lowest BCUT2D eigenvalue weighted by molar-refractivity contribution is 1.03. The van der Waals surface area contributed by atoms with Crippen LogP contribution in [0.3, 0.4) is 0 Å². The lowest BCUT2D eigenvalue weighted by Gasteiger charge is -2.22. The van der Waals surface area contributed by atoms with Gasteiger partial charge in [-0.2, -0.15) is 0 Å². The molecule has 0 aliphatic heterocycles. The maximum absolute atomic E-state index is 6.73. The zero-order valence-corrected chi connectivity index (χ0v) is 27.2. The number of hydrogen-bond acceptors (Lipinski definition) is 1. The quantitative estimate of drug-likeness (QED) is 0.132. The van der Waals surface area contributed by atoms with Crippen LogP contribution in [0.2, 0.25) is 0 Å². The number of benzene rings is 7. The number of nitrogens with two attached hydrogens (primary N) is 1. The third-order valence-electron chi connectivity index (χ3n) is 9.49.